The van der Waals surface area contributed by atoms with E-state index in [1.807, 2.05) is 0 Å². The van der Waals surface area contributed by atoms with Crippen molar-refractivity contribution in [2.75, 3.05) is 13.7 Å². The molecule has 0 spiro atoms. The van der Waals surface area contributed by atoms with Crippen LogP contribution in [-0.4, -0.2) is 42.9 Å². The summed E-state index contributed by atoms with van der Waals surface area (Å²) in [6, 6.07) is 9.28. The molecular formula is C20H17ClF2N2O5. The number of methoxy groups -OCH3 is 1. The fraction of sp³-hybridized carbons (Fsp3) is 0.250. The molecule has 1 aliphatic rings. The van der Waals surface area contributed by atoms with Crippen molar-refractivity contribution in [3.8, 4) is 11.5 Å². The molecule has 1 heterocycles. The van der Waals surface area contributed by atoms with Gasteiger partial charge < -0.3 is 14.8 Å². The normalized spacial score (nSPS) is 18.5. The minimum atomic E-state index is -3.06. The molecule has 158 valence electrons. The summed E-state index contributed by atoms with van der Waals surface area (Å²) in [7, 11) is 1.23. The monoisotopic (exact) mass is 438 g/mol. The molecule has 1 N–H and O–H groups in total. The van der Waals surface area contributed by atoms with Crippen LogP contribution in [0.1, 0.15) is 22.8 Å². The average Bonchev–Trinajstić information content (AvgIpc) is 2.92. The molecule has 1 fully saturated rings. The van der Waals surface area contributed by atoms with Gasteiger partial charge in [-0.05, 0) is 42.8 Å². The maximum atomic E-state index is 12.9. The summed E-state index contributed by atoms with van der Waals surface area (Å²) < 4.78 is 34.2. The number of rotatable bonds is 7. The Hall–Kier alpha value is -3.20. The first-order chi connectivity index (χ1) is 14.2. The molecule has 1 saturated heterocycles. The molecule has 3 rings (SSSR count). The van der Waals surface area contributed by atoms with Crippen LogP contribution in [0.25, 0.3) is 0 Å². The van der Waals surface area contributed by atoms with E-state index in [1.165, 1.54) is 26.2 Å². The number of alkyl halides is 2. The molecule has 0 bridgehead atoms. The van der Waals surface area contributed by atoms with Crippen LogP contribution in [0.4, 0.5) is 13.6 Å². The van der Waals surface area contributed by atoms with Gasteiger partial charge in [0.1, 0.15) is 5.54 Å². The zero-order valence-corrected chi connectivity index (χ0v) is 16.7. The second-order valence-electron chi connectivity index (χ2n) is 6.62. The lowest BCUT2D eigenvalue weighted by molar-refractivity contribution is -0.130. The van der Waals surface area contributed by atoms with E-state index in [1.54, 1.807) is 24.3 Å². The third kappa shape index (κ3) is 4.06. The second kappa shape index (κ2) is 8.27. The quantitative estimate of drug-likeness (QED) is 0.527. The highest BCUT2D eigenvalue weighted by molar-refractivity contribution is 6.30. The Bertz CT molecular complexity index is 999. The minimum Gasteiger partial charge on any atom is -0.493 e. The molecule has 7 nitrogen and oxygen atoms in total. The summed E-state index contributed by atoms with van der Waals surface area (Å²) in [5, 5.41) is 3.06. The van der Waals surface area contributed by atoms with E-state index < -0.39 is 36.4 Å². The van der Waals surface area contributed by atoms with Crippen LogP contribution in [0.15, 0.2) is 42.5 Å². The van der Waals surface area contributed by atoms with Gasteiger partial charge in [0.05, 0.1) is 13.7 Å². The lowest BCUT2D eigenvalue weighted by Crippen LogP contribution is -2.41. The first kappa shape index (κ1) is 21.5. The van der Waals surface area contributed by atoms with Crippen molar-refractivity contribution in [2.24, 2.45) is 0 Å². The van der Waals surface area contributed by atoms with Gasteiger partial charge in [0.2, 0.25) is 0 Å². The second-order valence-corrected chi connectivity index (χ2v) is 7.06. The van der Waals surface area contributed by atoms with Crippen LogP contribution in [-0.2, 0) is 10.3 Å². The number of amides is 3. The summed E-state index contributed by atoms with van der Waals surface area (Å²) in [5.41, 5.74) is -0.779. The number of hydrogen-bond donors (Lipinski definition) is 1. The van der Waals surface area contributed by atoms with Crippen molar-refractivity contribution < 1.29 is 32.6 Å². The topological polar surface area (TPSA) is 84.9 Å². The Balaban J connectivity index is 1.80. The SMILES string of the molecule is COc1cc(C(=O)CN2C(=O)NC(C)(c3ccc(Cl)cc3)C2=O)ccc1OC(F)F. The Morgan fingerprint density at radius 3 is 2.43 bits per heavy atom. The van der Waals surface area contributed by atoms with Crippen molar-refractivity contribution in [1.29, 1.82) is 0 Å². The zero-order chi connectivity index (χ0) is 22.1. The standard InChI is InChI=1S/C20H17ClF2N2O5/c1-20(12-4-6-13(21)7-5-12)17(27)25(19(28)24-20)10-14(26)11-3-8-15(30-18(22)23)16(9-11)29-2/h3-9,18H,10H2,1-2H3,(H,24,28). The van der Waals surface area contributed by atoms with Crippen LogP contribution in [0.2, 0.25) is 5.02 Å². The van der Waals surface area contributed by atoms with E-state index in [0.717, 1.165) is 11.0 Å². The number of halogens is 3. The molecule has 1 atom stereocenters. The Kier molecular flexibility index (Phi) is 5.93. The number of imide groups is 1. The maximum absolute atomic E-state index is 12.9. The minimum absolute atomic E-state index is 0.0640. The first-order valence-corrected chi connectivity index (χ1v) is 9.09. The lowest BCUT2D eigenvalue weighted by atomic mass is 9.92. The van der Waals surface area contributed by atoms with E-state index in [-0.39, 0.29) is 17.1 Å². The summed E-state index contributed by atoms with van der Waals surface area (Å²) in [6.07, 6.45) is 0. The van der Waals surface area contributed by atoms with Gasteiger partial charge in [-0.25, -0.2) is 4.79 Å². The van der Waals surface area contributed by atoms with Gasteiger partial charge in [-0.15, -0.1) is 0 Å². The van der Waals surface area contributed by atoms with Crippen LogP contribution in [0, 0.1) is 0 Å². The van der Waals surface area contributed by atoms with Crippen molar-refractivity contribution in [3.05, 3.63) is 58.6 Å². The molecule has 0 radical (unpaired) electrons. The van der Waals surface area contributed by atoms with Gasteiger partial charge in [-0.1, -0.05) is 23.7 Å². The summed E-state index contributed by atoms with van der Waals surface area (Å²) in [6.45, 7) is -2.07. The largest absolute Gasteiger partial charge is 0.493 e. The van der Waals surface area contributed by atoms with Crippen molar-refractivity contribution in [1.82, 2.24) is 10.2 Å². The number of carbonyl (C=O) groups is 3. The molecule has 0 saturated carbocycles. The van der Waals surface area contributed by atoms with E-state index in [4.69, 9.17) is 16.3 Å². The van der Waals surface area contributed by atoms with E-state index in [9.17, 15) is 23.2 Å². The molecule has 0 aromatic heterocycles. The molecule has 3 amide bonds. The number of Topliss-reactive ketones (excluding diaryl/α,β-unsaturated/α-hetero) is 1. The van der Waals surface area contributed by atoms with Gasteiger partial charge in [0.25, 0.3) is 5.91 Å². The Morgan fingerprint density at radius 1 is 1.17 bits per heavy atom. The molecule has 10 heteroatoms. The third-order valence-electron chi connectivity index (χ3n) is 4.70. The smallest absolute Gasteiger partial charge is 0.387 e. The van der Waals surface area contributed by atoms with E-state index >= 15 is 0 Å². The highest BCUT2D eigenvalue weighted by Crippen LogP contribution is 2.32. The third-order valence-corrected chi connectivity index (χ3v) is 4.95. The summed E-state index contributed by atoms with van der Waals surface area (Å²) in [5.74, 6) is -1.51. The van der Waals surface area contributed by atoms with Crippen molar-refractivity contribution in [2.45, 2.75) is 19.1 Å². The molecule has 1 aliphatic heterocycles. The summed E-state index contributed by atoms with van der Waals surface area (Å²) in [4.78, 5) is 38.8. The highest BCUT2D eigenvalue weighted by Gasteiger charge is 2.49. The van der Waals surface area contributed by atoms with Crippen LogP contribution >= 0.6 is 11.6 Å². The van der Waals surface area contributed by atoms with Gasteiger partial charge in [0.15, 0.2) is 17.3 Å². The predicted octanol–water partition coefficient (Wildman–Crippen LogP) is 3.60. The summed E-state index contributed by atoms with van der Waals surface area (Å²) >= 11 is 5.87. The fourth-order valence-electron chi connectivity index (χ4n) is 3.09. The number of ether oxygens (including phenoxy) is 2. The number of urea groups is 1. The van der Waals surface area contributed by atoms with Crippen LogP contribution < -0.4 is 14.8 Å². The predicted molar refractivity (Wildman–Crippen MR) is 103 cm³/mol. The maximum Gasteiger partial charge on any atom is 0.387 e. The van der Waals surface area contributed by atoms with Gasteiger partial charge in [-0.3, -0.25) is 14.5 Å². The molecular weight excluding hydrogens is 422 g/mol. The van der Waals surface area contributed by atoms with Gasteiger partial charge in [-0.2, -0.15) is 8.78 Å². The van der Waals surface area contributed by atoms with E-state index in [0.29, 0.717) is 10.6 Å². The first-order valence-electron chi connectivity index (χ1n) is 8.72. The lowest BCUT2D eigenvalue weighted by Gasteiger charge is -2.22. The molecule has 1 unspecified atom stereocenters. The molecule has 2 aromatic carbocycles. The highest BCUT2D eigenvalue weighted by atomic mass is 35.5. The van der Waals surface area contributed by atoms with Crippen molar-refractivity contribution >= 4 is 29.3 Å². The number of ketones is 1. The zero-order valence-electron chi connectivity index (χ0n) is 15.9. The number of benzene rings is 2. The number of nitrogens with zero attached hydrogens (tertiary/aromatic N) is 1. The fourth-order valence-corrected chi connectivity index (χ4v) is 3.21. The Labute approximate surface area is 175 Å². The van der Waals surface area contributed by atoms with Gasteiger partial charge in [0, 0.05) is 10.6 Å². The molecule has 0 aliphatic carbocycles. The average molecular weight is 439 g/mol. The molecule has 30 heavy (non-hydrogen) atoms. The molecule has 2 aromatic rings. The van der Waals surface area contributed by atoms with Gasteiger partial charge >= 0.3 is 12.6 Å². The number of nitrogens with one attached hydrogen (secondary N) is 1. The Morgan fingerprint density at radius 2 is 1.83 bits per heavy atom. The van der Waals surface area contributed by atoms with Crippen molar-refractivity contribution in [3.63, 3.8) is 0 Å². The van der Waals surface area contributed by atoms with Crippen LogP contribution in [0.3, 0.4) is 0 Å². The van der Waals surface area contributed by atoms with Crippen LogP contribution in [0.5, 0.6) is 11.5 Å². The van der Waals surface area contributed by atoms with E-state index in [2.05, 4.69) is 10.1 Å². The number of carbonyl (C=O) groups excluding carboxylic acids is 3. The number of hydrogen-bond acceptors (Lipinski definition) is 5.